The number of ether oxygens (including phenoxy) is 2. The van der Waals surface area contributed by atoms with Gasteiger partial charge in [-0.05, 0) is 12.5 Å². The van der Waals surface area contributed by atoms with E-state index < -0.39 is 24.1 Å². The summed E-state index contributed by atoms with van der Waals surface area (Å²) in [6, 6.07) is 0. The lowest BCUT2D eigenvalue weighted by Crippen LogP contribution is -2.12. The van der Waals surface area contributed by atoms with Gasteiger partial charge in [0.25, 0.3) is 0 Å². The molecule has 76 valence electrons. The molecule has 0 aliphatic carbocycles. The molecule has 2 unspecified atom stereocenters. The molecule has 5 heteroatoms. The molecule has 0 radical (unpaired) electrons. The third kappa shape index (κ3) is 2.70. The van der Waals surface area contributed by atoms with E-state index in [9.17, 15) is 13.2 Å². The molecule has 1 heterocycles. The fraction of sp³-hybridized carbons (Fsp3) is 0.750. The molecule has 0 aromatic rings. The molecule has 0 aromatic carbocycles. The lowest BCUT2D eigenvalue weighted by molar-refractivity contribution is -0.0939. The van der Waals surface area contributed by atoms with Gasteiger partial charge in [0, 0.05) is 12.7 Å². The number of epoxide rings is 1. The maximum absolute atomic E-state index is 12.2. The lowest BCUT2D eigenvalue weighted by atomic mass is 10.1. The van der Waals surface area contributed by atoms with Crippen molar-refractivity contribution >= 4 is 0 Å². The number of hydrogen-bond acceptors (Lipinski definition) is 2. The number of rotatable bonds is 3. The number of alkyl halides is 3. The Hall–Kier alpha value is -0.550. The van der Waals surface area contributed by atoms with Gasteiger partial charge in [0.2, 0.25) is 0 Å². The molecule has 0 spiro atoms. The molecular formula is C8H11F3O2. The SMILES string of the molecule is CC/C(=C/C1OC1OC)C(F)(F)F. The summed E-state index contributed by atoms with van der Waals surface area (Å²) in [7, 11) is 1.40. The van der Waals surface area contributed by atoms with E-state index in [1.54, 1.807) is 0 Å². The summed E-state index contributed by atoms with van der Waals surface area (Å²) in [6.07, 6.45) is -4.24. The van der Waals surface area contributed by atoms with Crippen LogP contribution >= 0.6 is 0 Å². The number of hydrogen-bond donors (Lipinski definition) is 0. The van der Waals surface area contributed by atoms with Crippen molar-refractivity contribution in [1.82, 2.24) is 0 Å². The largest absolute Gasteiger partial charge is 0.412 e. The Morgan fingerprint density at radius 1 is 1.54 bits per heavy atom. The summed E-state index contributed by atoms with van der Waals surface area (Å²) in [5, 5.41) is 0. The summed E-state index contributed by atoms with van der Waals surface area (Å²) < 4.78 is 46.0. The second-order valence-electron chi connectivity index (χ2n) is 2.75. The first-order valence-electron chi connectivity index (χ1n) is 3.95. The van der Waals surface area contributed by atoms with Crippen LogP contribution in [0.3, 0.4) is 0 Å². The van der Waals surface area contributed by atoms with Crippen molar-refractivity contribution in [3.63, 3.8) is 0 Å². The first-order chi connectivity index (χ1) is 5.99. The van der Waals surface area contributed by atoms with Crippen molar-refractivity contribution in [3.05, 3.63) is 11.6 Å². The van der Waals surface area contributed by atoms with E-state index in [1.807, 2.05) is 0 Å². The highest BCUT2D eigenvalue weighted by molar-refractivity contribution is 5.14. The normalized spacial score (nSPS) is 29.2. The summed E-state index contributed by atoms with van der Waals surface area (Å²) >= 11 is 0. The van der Waals surface area contributed by atoms with E-state index in [-0.39, 0.29) is 6.42 Å². The summed E-state index contributed by atoms with van der Waals surface area (Å²) in [5.41, 5.74) is -0.558. The number of methoxy groups -OCH3 is 1. The third-order valence-electron chi connectivity index (χ3n) is 1.83. The van der Waals surface area contributed by atoms with Gasteiger partial charge in [-0.15, -0.1) is 0 Å². The quantitative estimate of drug-likeness (QED) is 0.510. The minimum atomic E-state index is -4.25. The Bertz CT molecular complexity index is 210. The van der Waals surface area contributed by atoms with E-state index in [2.05, 4.69) is 0 Å². The Labute approximate surface area is 74.3 Å². The zero-order valence-electron chi connectivity index (χ0n) is 7.39. The van der Waals surface area contributed by atoms with Gasteiger partial charge >= 0.3 is 6.18 Å². The van der Waals surface area contributed by atoms with Crippen LogP contribution in [0.2, 0.25) is 0 Å². The Kier molecular flexibility index (Phi) is 2.98. The molecule has 13 heavy (non-hydrogen) atoms. The smallest absolute Gasteiger partial charge is 0.353 e. The molecule has 1 saturated heterocycles. The molecule has 2 atom stereocenters. The van der Waals surface area contributed by atoms with Gasteiger partial charge in [0.1, 0.15) is 6.10 Å². The van der Waals surface area contributed by atoms with Crippen LogP contribution in [0.15, 0.2) is 11.6 Å². The van der Waals surface area contributed by atoms with Crippen molar-refractivity contribution in [2.24, 2.45) is 0 Å². The van der Waals surface area contributed by atoms with Crippen molar-refractivity contribution in [2.45, 2.75) is 31.9 Å². The molecule has 1 aliphatic rings. The Morgan fingerprint density at radius 3 is 2.46 bits per heavy atom. The van der Waals surface area contributed by atoms with Gasteiger partial charge in [-0.25, -0.2) is 0 Å². The minimum Gasteiger partial charge on any atom is -0.353 e. The van der Waals surface area contributed by atoms with Crippen molar-refractivity contribution in [2.75, 3.05) is 7.11 Å². The van der Waals surface area contributed by atoms with Crippen LogP contribution in [0.1, 0.15) is 13.3 Å². The van der Waals surface area contributed by atoms with Crippen molar-refractivity contribution < 1.29 is 22.6 Å². The zero-order valence-corrected chi connectivity index (χ0v) is 7.39. The standard InChI is InChI=1S/C8H11F3O2/c1-3-5(8(9,10)11)4-6-7(12-2)13-6/h4,6-7H,3H2,1-2H3/b5-4-. The van der Waals surface area contributed by atoms with Crippen LogP contribution in [0, 0.1) is 0 Å². The van der Waals surface area contributed by atoms with Crippen LogP contribution in [0.4, 0.5) is 13.2 Å². The topological polar surface area (TPSA) is 21.8 Å². The molecule has 0 saturated carbocycles. The van der Waals surface area contributed by atoms with Crippen molar-refractivity contribution in [1.29, 1.82) is 0 Å². The summed E-state index contributed by atoms with van der Waals surface area (Å²) in [5.74, 6) is 0. The van der Waals surface area contributed by atoms with Crippen LogP contribution in [0.5, 0.6) is 0 Å². The van der Waals surface area contributed by atoms with Crippen LogP contribution in [-0.2, 0) is 9.47 Å². The van der Waals surface area contributed by atoms with Crippen molar-refractivity contribution in [3.8, 4) is 0 Å². The molecule has 0 bridgehead atoms. The third-order valence-corrected chi connectivity index (χ3v) is 1.83. The first-order valence-corrected chi connectivity index (χ1v) is 3.95. The molecule has 2 nitrogen and oxygen atoms in total. The maximum atomic E-state index is 12.2. The lowest BCUT2D eigenvalue weighted by Gasteiger charge is -2.07. The molecular weight excluding hydrogens is 185 g/mol. The van der Waals surface area contributed by atoms with Crippen LogP contribution < -0.4 is 0 Å². The molecule has 1 aliphatic heterocycles. The maximum Gasteiger partial charge on any atom is 0.412 e. The monoisotopic (exact) mass is 196 g/mol. The zero-order chi connectivity index (χ0) is 10.1. The Balaban J connectivity index is 2.57. The first kappa shape index (κ1) is 10.5. The van der Waals surface area contributed by atoms with Gasteiger partial charge in [-0.2, -0.15) is 13.2 Å². The minimum absolute atomic E-state index is 0.0419. The summed E-state index contributed by atoms with van der Waals surface area (Å²) in [4.78, 5) is 0. The van der Waals surface area contributed by atoms with E-state index >= 15 is 0 Å². The predicted octanol–water partition coefficient (Wildman–Crippen LogP) is 2.26. The van der Waals surface area contributed by atoms with E-state index in [4.69, 9.17) is 9.47 Å². The van der Waals surface area contributed by atoms with E-state index in [0.717, 1.165) is 6.08 Å². The predicted molar refractivity (Wildman–Crippen MR) is 40.1 cm³/mol. The average Bonchev–Trinajstić information content (AvgIpc) is 2.76. The molecule has 0 aromatic heterocycles. The Morgan fingerprint density at radius 2 is 2.15 bits per heavy atom. The average molecular weight is 196 g/mol. The van der Waals surface area contributed by atoms with Gasteiger partial charge in [0.05, 0.1) is 0 Å². The van der Waals surface area contributed by atoms with Gasteiger partial charge in [-0.3, -0.25) is 0 Å². The summed E-state index contributed by atoms with van der Waals surface area (Å²) in [6.45, 7) is 1.46. The van der Waals surface area contributed by atoms with E-state index in [1.165, 1.54) is 14.0 Å². The molecule has 0 N–H and O–H groups in total. The fourth-order valence-electron chi connectivity index (χ4n) is 1.03. The van der Waals surface area contributed by atoms with Gasteiger partial charge in [-0.1, -0.05) is 6.92 Å². The van der Waals surface area contributed by atoms with Gasteiger partial charge < -0.3 is 9.47 Å². The van der Waals surface area contributed by atoms with Gasteiger partial charge in [0.15, 0.2) is 6.29 Å². The fourth-order valence-corrected chi connectivity index (χ4v) is 1.03. The second-order valence-corrected chi connectivity index (χ2v) is 2.75. The van der Waals surface area contributed by atoms with E-state index in [0.29, 0.717) is 0 Å². The highest BCUT2D eigenvalue weighted by Crippen LogP contribution is 2.32. The second kappa shape index (κ2) is 3.67. The van der Waals surface area contributed by atoms with Crippen LogP contribution in [0.25, 0.3) is 0 Å². The molecule has 1 fully saturated rings. The highest BCUT2D eigenvalue weighted by atomic mass is 19.4. The highest BCUT2D eigenvalue weighted by Gasteiger charge is 2.41. The van der Waals surface area contributed by atoms with Crippen LogP contribution in [-0.4, -0.2) is 25.7 Å². The molecule has 1 rings (SSSR count). The number of allylic oxidation sites excluding steroid dienone is 1. The molecule has 0 amide bonds. The number of halogens is 3.